The highest BCUT2D eigenvalue weighted by Crippen LogP contribution is 2.25. The van der Waals surface area contributed by atoms with Crippen molar-refractivity contribution < 1.29 is 9.63 Å². The minimum Gasteiger partial charge on any atom is -0.393 e. The van der Waals surface area contributed by atoms with Crippen LogP contribution in [0.15, 0.2) is 4.52 Å². The Morgan fingerprint density at radius 2 is 2.15 bits per heavy atom. The molecule has 0 bridgehead atoms. The van der Waals surface area contributed by atoms with Crippen molar-refractivity contribution in [3.63, 3.8) is 0 Å². The zero-order chi connectivity index (χ0) is 14.4. The molecule has 2 unspecified atom stereocenters. The topological polar surface area (TPSA) is 62.4 Å². The molecule has 20 heavy (non-hydrogen) atoms. The lowest BCUT2D eigenvalue weighted by molar-refractivity contribution is 0.0484. The van der Waals surface area contributed by atoms with Crippen molar-refractivity contribution in [2.75, 3.05) is 13.6 Å². The van der Waals surface area contributed by atoms with Crippen molar-refractivity contribution in [3.8, 4) is 0 Å². The van der Waals surface area contributed by atoms with E-state index in [2.05, 4.69) is 29.0 Å². The van der Waals surface area contributed by atoms with Gasteiger partial charge in [0.1, 0.15) is 0 Å². The summed E-state index contributed by atoms with van der Waals surface area (Å²) in [5, 5.41) is 14.0. The fourth-order valence-electron chi connectivity index (χ4n) is 2.89. The lowest BCUT2D eigenvalue weighted by atomic mass is 9.86. The van der Waals surface area contributed by atoms with E-state index in [0.717, 1.165) is 50.9 Å². The average molecular weight is 281 g/mol. The Hall–Kier alpha value is -0.940. The van der Waals surface area contributed by atoms with Gasteiger partial charge >= 0.3 is 0 Å². The van der Waals surface area contributed by atoms with E-state index in [9.17, 15) is 5.11 Å². The van der Waals surface area contributed by atoms with E-state index in [1.54, 1.807) is 0 Å². The molecule has 0 aromatic carbocycles. The van der Waals surface area contributed by atoms with Gasteiger partial charge in [-0.3, -0.25) is 4.90 Å². The highest BCUT2D eigenvalue weighted by molar-refractivity contribution is 4.87. The van der Waals surface area contributed by atoms with Gasteiger partial charge in [0.2, 0.25) is 5.89 Å². The van der Waals surface area contributed by atoms with E-state index in [0.29, 0.717) is 18.4 Å². The van der Waals surface area contributed by atoms with Crippen molar-refractivity contribution in [2.45, 2.75) is 64.5 Å². The maximum Gasteiger partial charge on any atom is 0.240 e. The second-order valence-corrected chi connectivity index (χ2v) is 6.02. The summed E-state index contributed by atoms with van der Waals surface area (Å²) in [6.07, 6.45) is 7.45. The van der Waals surface area contributed by atoms with Crippen LogP contribution in [0.3, 0.4) is 0 Å². The van der Waals surface area contributed by atoms with Crippen molar-refractivity contribution in [1.29, 1.82) is 0 Å². The summed E-state index contributed by atoms with van der Waals surface area (Å²) in [4.78, 5) is 6.59. The molecule has 2 atom stereocenters. The molecule has 0 aliphatic heterocycles. The van der Waals surface area contributed by atoms with E-state index < -0.39 is 0 Å². The summed E-state index contributed by atoms with van der Waals surface area (Å²) in [6, 6.07) is 0. The number of hydrogen-bond acceptors (Lipinski definition) is 5. The molecular weight excluding hydrogens is 254 g/mol. The van der Waals surface area contributed by atoms with Gasteiger partial charge in [-0.25, -0.2) is 0 Å². The maximum atomic E-state index is 10.0. The third kappa shape index (κ3) is 4.56. The lowest BCUT2D eigenvalue weighted by Crippen LogP contribution is -2.34. The normalized spacial score (nSPS) is 23.4. The second-order valence-electron chi connectivity index (χ2n) is 6.02. The summed E-state index contributed by atoms with van der Waals surface area (Å²) in [6.45, 7) is 3.72. The molecule has 1 aliphatic rings. The third-order valence-corrected chi connectivity index (χ3v) is 4.08. The lowest BCUT2D eigenvalue weighted by Gasteiger charge is -2.30. The van der Waals surface area contributed by atoms with Crippen LogP contribution in [-0.2, 0) is 13.0 Å². The van der Waals surface area contributed by atoms with Gasteiger partial charge in [0.25, 0.3) is 0 Å². The molecule has 0 spiro atoms. The summed E-state index contributed by atoms with van der Waals surface area (Å²) in [5.74, 6) is 1.88. The van der Waals surface area contributed by atoms with Crippen LogP contribution < -0.4 is 0 Å². The molecule has 1 N–H and O–H groups in total. The van der Waals surface area contributed by atoms with Crippen LogP contribution in [-0.4, -0.2) is 39.8 Å². The van der Waals surface area contributed by atoms with Crippen LogP contribution in [0, 0.1) is 5.92 Å². The first kappa shape index (κ1) is 15.4. The Balaban J connectivity index is 1.78. The van der Waals surface area contributed by atoms with Crippen LogP contribution in [0.1, 0.15) is 57.2 Å². The Kier molecular flexibility index (Phi) is 5.98. The van der Waals surface area contributed by atoms with Crippen LogP contribution >= 0.6 is 0 Å². The highest BCUT2D eigenvalue weighted by atomic mass is 16.5. The molecular formula is C15H27N3O2. The molecule has 1 aromatic heterocycles. The van der Waals surface area contributed by atoms with Gasteiger partial charge in [0.05, 0.1) is 12.6 Å². The van der Waals surface area contributed by atoms with Crippen LogP contribution in [0.2, 0.25) is 0 Å². The minimum atomic E-state index is -0.144. The number of nitrogens with zero attached hydrogens (tertiary/aromatic N) is 3. The Bertz CT molecular complexity index is 394. The molecule has 114 valence electrons. The van der Waals surface area contributed by atoms with Gasteiger partial charge < -0.3 is 9.63 Å². The number of aliphatic hydroxyl groups excluding tert-OH is 1. The van der Waals surface area contributed by atoms with E-state index in [4.69, 9.17) is 4.52 Å². The quantitative estimate of drug-likeness (QED) is 0.831. The number of rotatable bonds is 7. The number of aromatic nitrogens is 2. The van der Waals surface area contributed by atoms with E-state index in [-0.39, 0.29) is 6.10 Å². The van der Waals surface area contributed by atoms with Crippen LogP contribution in [0.4, 0.5) is 0 Å². The van der Waals surface area contributed by atoms with Gasteiger partial charge in [0, 0.05) is 13.0 Å². The molecule has 0 amide bonds. The van der Waals surface area contributed by atoms with Gasteiger partial charge in [0.15, 0.2) is 5.82 Å². The monoisotopic (exact) mass is 281 g/mol. The molecule has 0 radical (unpaired) electrons. The van der Waals surface area contributed by atoms with Gasteiger partial charge in [-0.15, -0.1) is 0 Å². The molecule has 2 rings (SSSR count). The maximum absolute atomic E-state index is 10.0. The fraction of sp³-hybridized carbons (Fsp3) is 0.867. The van der Waals surface area contributed by atoms with Crippen molar-refractivity contribution in [1.82, 2.24) is 15.0 Å². The van der Waals surface area contributed by atoms with Gasteiger partial charge in [-0.2, -0.15) is 4.98 Å². The predicted molar refractivity (Wildman–Crippen MR) is 77.2 cm³/mol. The molecule has 1 fully saturated rings. The van der Waals surface area contributed by atoms with Crippen molar-refractivity contribution in [3.05, 3.63) is 11.7 Å². The van der Waals surface area contributed by atoms with Crippen molar-refractivity contribution >= 4 is 0 Å². The summed E-state index contributed by atoms with van der Waals surface area (Å²) in [7, 11) is 2.05. The van der Waals surface area contributed by atoms with Gasteiger partial charge in [-0.05, 0) is 32.2 Å². The number of hydrogen-bond donors (Lipinski definition) is 1. The first-order valence-corrected chi connectivity index (χ1v) is 7.87. The molecule has 1 saturated carbocycles. The fourth-order valence-corrected chi connectivity index (χ4v) is 2.89. The SMILES string of the molecule is CCCCc1noc(CN(C)CC2CCCCC2O)n1. The third-order valence-electron chi connectivity index (χ3n) is 4.08. The summed E-state index contributed by atoms with van der Waals surface area (Å²) >= 11 is 0. The Morgan fingerprint density at radius 1 is 1.35 bits per heavy atom. The minimum absolute atomic E-state index is 0.144. The molecule has 1 heterocycles. The first-order chi connectivity index (χ1) is 9.69. The van der Waals surface area contributed by atoms with Crippen LogP contribution in [0.5, 0.6) is 0 Å². The molecule has 0 saturated heterocycles. The second kappa shape index (κ2) is 7.74. The number of aliphatic hydroxyl groups is 1. The van der Waals surface area contributed by atoms with E-state index in [1.807, 2.05) is 0 Å². The zero-order valence-corrected chi connectivity index (χ0v) is 12.7. The zero-order valence-electron chi connectivity index (χ0n) is 12.7. The smallest absolute Gasteiger partial charge is 0.240 e. The number of aryl methyl sites for hydroxylation is 1. The summed E-state index contributed by atoms with van der Waals surface area (Å²) < 4.78 is 5.28. The number of unbranched alkanes of at least 4 members (excludes halogenated alkanes) is 1. The standard InChI is InChI=1S/C15H27N3O2/c1-3-4-9-14-16-15(20-17-14)11-18(2)10-12-7-5-6-8-13(12)19/h12-13,19H,3-11H2,1-2H3. The Morgan fingerprint density at radius 3 is 2.90 bits per heavy atom. The first-order valence-electron chi connectivity index (χ1n) is 7.87. The molecule has 5 heteroatoms. The summed E-state index contributed by atoms with van der Waals surface area (Å²) in [5.41, 5.74) is 0. The van der Waals surface area contributed by atoms with Gasteiger partial charge in [-0.1, -0.05) is 31.3 Å². The average Bonchev–Trinajstić information content (AvgIpc) is 2.86. The molecule has 1 aromatic rings. The molecule has 1 aliphatic carbocycles. The predicted octanol–water partition coefficient (Wildman–Crippen LogP) is 2.40. The van der Waals surface area contributed by atoms with E-state index in [1.165, 1.54) is 6.42 Å². The van der Waals surface area contributed by atoms with Crippen molar-refractivity contribution in [2.24, 2.45) is 5.92 Å². The van der Waals surface area contributed by atoms with E-state index >= 15 is 0 Å². The largest absolute Gasteiger partial charge is 0.393 e. The molecule has 5 nitrogen and oxygen atoms in total. The Labute approximate surface area is 121 Å². The van der Waals surface area contributed by atoms with Crippen LogP contribution in [0.25, 0.3) is 0 Å². The highest BCUT2D eigenvalue weighted by Gasteiger charge is 2.24.